The lowest BCUT2D eigenvalue weighted by Gasteiger charge is -2.12. The van der Waals surface area contributed by atoms with Gasteiger partial charge in [0.2, 0.25) is 0 Å². The van der Waals surface area contributed by atoms with Gasteiger partial charge in [-0.15, -0.1) is 0 Å². The van der Waals surface area contributed by atoms with E-state index in [-0.39, 0.29) is 6.10 Å². The zero-order valence-corrected chi connectivity index (χ0v) is 13.4. The van der Waals surface area contributed by atoms with Gasteiger partial charge < -0.3 is 14.5 Å². The zero-order chi connectivity index (χ0) is 15.1. The van der Waals surface area contributed by atoms with E-state index in [4.69, 9.17) is 9.15 Å². The first-order chi connectivity index (χ1) is 10.3. The minimum atomic E-state index is 0.243. The number of fused-ring (bicyclic) bond motifs is 1. The van der Waals surface area contributed by atoms with E-state index < -0.39 is 0 Å². The molecule has 0 aliphatic rings. The van der Waals surface area contributed by atoms with Crippen LogP contribution in [-0.2, 0) is 17.7 Å². The van der Waals surface area contributed by atoms with Gasteiger partial charge >= 0.3 is 0 Å². The third kappa shape index (κ3) is 4.32. The normalized spacial score (nSPS) is 12.9. The van der Waals surface area contributed by atoms with Crippen LogP contribution in [0, 0.1) is 0 Å². The van der Waals surface area contributed by atoms with E-state index in [2.05, 4.69) is 37.4 Å². The molecule has 3 nitrogen and oxygen atoms in total. The van der Waals surface area contributed by atoms with E-state index in [9.17, 15) is 0 Å². The molecule has 1 unspecified atom stereocenters. The van der Waals surface area contributed by atoms with E-state index in [1.807, 2.05) is 13.0 Å². The summed E-state index contributed by atoms with van der Waals surface area (Å²) in [5, 5.41) is 4.73. The number of aryl methyl sites for hydroxylation is 1. The van der Waals surface area contributed by atoms with Crippen LogP contribution in [-0.4, -0.2) is 19.3 Å². The van der Waals surface area contributed by atoms with Crippen LogP contribution in [0.15, 0.2) is 28.7 Å². The van der Waals surface area contributed by atoms with E-state index in [0.29, 0.717) is 0 Å². The molecule has 0 fully saturated rings. The molecule has 1 atom stereocenters. The molecule has 3 heteroatoms. The maximum atomic E-state index is 6.04. The molecule has 0 aliphatic heterocycles. The molecule has 116 valence electrons. The van der Waals surface area contributed by atoms with Crippen LogP contribution >= 0.6 is 0 Å². The summed E-state index contributed by atoms with van der Waals surface area (Å²) < 4.78 is 11.6. The summed E-state index contributed by atoms with van der Waals surface area (Å²) in [4.78, 5) is 0. The van der Waals surface area contributed by atoms with Crippen molar-refractivity contribution in [2.75, 3.05) is 13.2 Å². The molecule has 0 spiro atoms. The second-order valence-corrected chi connectivity index (χ2v) is 5.50. The number of furan rings is 1. The number of para-hydroxylation sites is 1. The van der Waals surface area contributed by atoms with E-state index in [0.717, 1.165) is 37.5 Å². The fraction of sp³-hybridized carbons (Fsp3) is 0.556. The Kier molecular flexibility index (Phi) is 6.27. The van der Waals surface area contributed by atoms with Gasteiger partial charge in [-0.25, -0.2) is 0 Å². The second kappa shape index (κ2) is 8.20. The number of hydrogen-bond donors (Lipinski definition) is 1. The molecular formula is C18H27NO2. The predicted molar refractivity (Wildman–Crippen MR) is 87.6 cm³/mol. The fourth-order valence-electron chi connectivity index (χ4n) is 2.63. The predicted octanol–water partition coefficient (Wildman–Crippen LogP) is 4.29. The van der Waals surface area contributed by atoms with Crippen LogP contribution in [0.2, 0.25) is 0 Å². The van der Waals surface area contributed by atoms with Crippen LogP contribution in [0.3, 0.4) is 0 Å². The van der Waals surface area contributed by atoms with Crippen molar-refractivity contribution < 1.29 is 9.15 Å². The Morgan fingerprint density at radius 2 is 2.05 bits per heavy atom. The number of nitrogens with one attached hydrogen (secondary N) is 1. The van der Waals surface area contributed by atoms with Crippen molar-refractivity contribution in [3.63, 3.8) is 0 Å². The van der Waals surface area contributed by atoms with Crippen molar-refractivity contribution in [2.45, 2.75) is 52.7 Å². The molecule has 2 aromatic rings. The molecule has 1 aromatic heterocycles. The van der Waals surface area contributed by atoms with Crippen molar-refractivity contribution in [1.82, 2.24) is 5.32 Å². The van der Waals surface area contributed by atoms with Crippen molar-refractivity contribution in [1.29, 1.82) is 0 Å². The molecule has 0 bridgehead atoms. The molecule has 0 saturated heterocycles. The van der Waals surface area contributed by atoms with Gasteiger partial charge in [0.05, 0.1) is 6.10 Å². The van der Waals surface area contributed by atoms with Gasteiger partial charge in [-0.3, -0.25) is 0 Å². The van der Waals surface area contributed by atoms with Crippen molar-refractivity contribution >= 4 is 11.0 Å². The summed E-state index contributed by atoms with van der Waals surface area (Å²) in [6.07, 6.45) is 3.61. The van der Waals surface area contributed by atoms with E-state index in [1.165, 1.54) is 23.8 Å². The van der Waals surface area contributed by atoms with Crippen LogP contribution < -0.4 is 5.32 Å². The largest absolute Gasteiger partial charge is 0.461 e. The van der Waals surface area contributed by atoms with Gasteiger partial charge in [-0.1, -0.05) is 31.5 Å². The van der Waals surface area contributed by atoms with Crippen LogP contribution in [0.25, 0.3) is 11.0 Å². The lowest BCUT2D eigenvalue weighted by Crippen LogP contribution is -2.26. The maximum Gasteiger partial charge on any atom is 0.134 e. The van der Waals surface area contributed by atoms with Gasteiger partial charge in [-0.05, 0) is 26.3 Å². The average Bonchev–Trinajstić information content (AvgIpc) is 2.83. The smallest absolute Gasteiger partial charge is 0.134 e. The lowest BCUT2D eigenvalue weighted by molar-refractivity contribution is 0.0759. The SMILES string of the molecule is CCCCc1oc2ccccc2c1CNCC(C)OCC. The number of unbranched alkanes of at least 4 members (excludes halogenated alkanes) is 1. The summed E-state index contributed by atoms with van der Waals surface area (Å²) in [6.45, 7) is 8.81. The van der Waals surface area contributed by atoms with Gasteiger partial charge in [0.25, 0.3) is 0 Å². The van der Waals surface area contributed by atoms with E-state index >= 15 is 0 Å². The number of ether oxygens (including phenoxy) is 1. The Morgan fingerprint density at radius 1 is 1.24 bits per heavy atom. The third-order valence-corrected chi connectivity index (χ3v) is 3.72. The molecule has 1 N–H and O–H groups in total. The summed E-state index contributed by atoms with van der Waals surface area (Å²) in [6, 6.07) is 8.31. The number of hydrogen-bond acceptors (Lipinski definition) is 3. The third-order valence-electron chi connectivity index (χ3n) is 3.72. The highest BCUT2D eigenvalue weighted by Crippen LogP contribution is 2.27. The maximum absolute atomic E-state index is 6.04. The van der Waals surface area contributed by atoms with Crippen molar-refractivity contribution in [3.8, 4) is 0 Å². The molecule has 0 amide bonds. The van der Waals surface area contributed by atoms with Crippen molar-refractivity contribution in [2.24, 2.45) is 0 Å². The standard InChI is InChI=1S/C18H27NO2/c1-4-6-10-18-16(13-19-12-14(3)20-5-2)15-9-7-8-11-17(15)21-18/h7-9,11,14,19H,4-6,10,12-13H2,1-3H3. The van der Waals surface area contributed by atoms with Crippen LogP contribution in [0.4, 0.5) is 0 Å². The molecule has 1 heterocycles. The average molecular weight is 289 g/mol. The van der Waals surface area contributed by atoms with Crippen LogP contribution in [0.5, 0.6) is 0 Å². The minimum absolute atomic E-state index is 0.243. The Hall–Kier alpha value is -1.32. The Labute approximate surface area is 127 Å². The van der Waals surface area contributed by atoms with Gasteiger partial charge in [-0.2, -0.15) is 0 Å². The van der Waals surface area contributed by atoms with Gasteiger partial charge in [0.1, 0.15) is 11.3 Å². The van der Waals surface area contributed by atoms with Crippen LogP contribution in [0.1, 0.15) is 44.9 Å². The number of rotatable bonds is 9. The molecule has 2 rings (SSSR count). The number of benzene rings is 1. The first kappa shape index (κ1) is 16.1. The molecule has 1 aromatic carbocycles. The Balaban J connectivity index is 2.08. The molecule has 0 saturated carbocycles. The minimum Gasteiger partial charge on any atom is -0.461 e. The molecule has 0 aliphatic carbocycles. The van der Waals surface area contributed by atoms with Crippen molar-refractivity contribution in [3.05, 3.63) is 35.6 Å². The topological polar surface area (TPSA) is 34.4 Å². The highest BCUT2D eigenvalue weighted by molar-refractivity contribution is 5.82. The monoisotopic (exact) mass is 289 g/mol. The summed E-state index contributed by atoms with van der Waals surface area (Å²) >= 11 is 0. The highest BCUT2D eigenvalue weighted by Gasteiger charge is 2.13. The first-order valence-electron chi connectivity index (χ1n) is 8.07. The molecular weight excluding hydrogens is 262 g/mol. The Morgan fingerprint density at radius 3 is 2.81 bits per heavy atom. The summed E-state index contributed by atoms with van der Waals surface area (Å²) in [5.74, 6) is 1.13. The molecule has 0 radical (unpaired) electrons. The quantitative estimate of drug-likeness (QED) is 0.748. The molecule has 21 heavy (non-hydrogen) atoms. The van der Waals surface area contributed by atoms with Gasteiger partial charge in [0, 0.05) is 37.1 Å². The Bertz CT molecular complexity index is 547. The first-order valence-corrected chi connectivity index (χ1v) is 8.07. The van der Waals surface area contributed by atoms with Gasteiger partial charge in [0.15, 0.2) is 0 Å². The lowest BCUT2D eigenvalue weighted by atomic mass is 10.1. The zero-order valence-electron chi connectivity index (χ0n) is 13.4. The summed E-state index contributed by atoms with van der Waals surface area (Å²) in [7, 11) is 0. The highest BCUT2D eigenvalue weighted by atomic mass is 16.5. The fourth-order valence-corrected chi connectivity index (χ4v) is 2.63. The summed E-state index contributed by atoms with van der Waals surface area (Å²) in [5.41, 5.74) is 2.31. The second-order valence-electron chi connectivity index (χ2n) is 5.50. The van der Waals surface area contributed by atoms with E-state index in [1.54, 1.807) is 0 Å².